The Morgan fingerprint density at radius 3 is 1.50 bits per heavy atom. The average molecular weight is 791 g/mol. The predicted molar refractivity (Wildman–Crippen MR) is 204 cm³/mol. The molecule has 2 heterocycles. The van der Waals surface area contributed by atoms with Gasteiger partial charge in [-0.05, 0) is 72.8 Å². The van der Waals surface area contributed by atoms with Gasteiger partial charge in [0.1, 0.15) is 11.6 Å². The maximum absolute atomic E-state index is 14.2. The van der Waals surface area contributed by atoms with Gasteiger partial charge in [0.05, 0.1) is 54.4 Å². The van der Waals surface area contributed by atoms with Crippen molar-refractivity contribution >= 4 is 44.7 Å². The molecule has 19 heteroatoms. The number of carbonyl (C=O) groups excluding carboxylic acids is 2. The summed E-state index contributed by atoms with van der Waals surface area (Å²) in [7, 11) is 6.18. The van der Waals surface area contributed by atoms with Crippen LogP contribution in [0.25, 0.3) is 45.7 Å². The highest BCUT2D eigenvalue weighted by Crippen LogP contribution is 2.32. The number of rotatable bonds is 10. The standard InChI is InChI=1S/C19H19FN4O5S.C18H17FN4O3/c1-24(2)16-8-6-12(10-15(16)23-30(4,26)27)18-21-17(22-29-18)11-5-7-13(14(20)9-11)19(25)28-3;1-23(2)15-7-5-11(9-14(15)20)17-21-16(22-26-17)10-4-6-12(13(19)8-10)18(24)25-3/h5-10,23H,1-4H3;4-9H,20H2,1-3H3. The second kappa shape index (κ2) is 16.6. The summed E-state index contributed by atoms with van der Waals surface area (Å²) < 4.78 is 73.6. The van der Waals surface area contributed by atoms with E-state index in [4.69, 9.17) is 14.8 Å². The molecule has 6 rings (SSSR count). The molecular formula is C37H36F2N8O8S. The second-order valence-electron chi connectivity index (χ2n) is 12.4. The first-order chi connectivity index (χ1) is 26.5. The highest BCUT2D eigenvalue weighted by molar-refractivity contribution is 7.92. The molecule has 0 radical (unpaired) electrons. The van der Waals surface area contributed by atoms with Crippen LogP contribution >= 0.6 is 0 Å². The van der Waals surface area contributed by atoms with Crippen LogP contribution < -0.4 is 20.3 Å². The van der Waals surface area contributed by atoms with Crippen LogP contribution in [0.3, 0.4) is 0 Å². The highest BCUT2D eigenvalue weighted by Gasteiger charge is 2.19. The van der Waals surface area contributed by atoms with E-state index in [9.17, 15) is 26.8 Å². The van der Waals surface area contributed by atoms with Crippen LogP contribution in [0.5, 0.6) is 0 Å². The van der Waals surface area contributed by atoms with Crippen molar-refractivity contribution in [1.82, 2.24) is 20.3 Å². The molecule has 0 bridgehead atoms. The molecule has 4 aromatic carbocycles. The van der Waals surface area contributed by atoms with E-state index in [1.165, 1.54) is 31.4 Å². The molecule has 0 fully saturated rings. The van der Waals surface area contributed by atoms with Gasteiger partial charge < -0.3 is 34.1 Å². The van der Waals surface area contributed by atoms with Crippen LogP contribution in [0, 0.1) is 11.6 Å². The Bertz CT molecular complexity index is 2520. The molecule has 292 valence electrons. The lowest BCUT2D eigenvalue weighted by Gasteiger charge is -2.18. The number of nitrogens with zero attached hydrogens (tertiary/aromatic N) is 6. The lowest BCUT2D eigenvalue weighted by molar-refractivity contribution is 0.0586. The molecule has 0 aliphatic carbocycles. The van der Waals surface area contributed by atoms with Gasteiger partial charge in [-0.15, -0.1) is 0 Å². The summed E-state index contributed by atoms with van der Waals surface area (Å²) in [6.45, 7) is 0. The topological polar surface area (TPSA) is 209 Å². The number of methoxy groups -OCH3 is 2. The molecule has 0 unspecified atom stereocenters. The number of carbonyl (C=O) groups is 2. The van der Waals surface area contributed by atoms with Crippen molar-refractivity contribution in [2.24, 2.45) is 0 Å². The van der Waals surface area contributed by atoms with Crippen LogP contribution in [0.2, 0.25) is 0 Å². The number of esters is 2. The molecule has 6 aromatic rings. The first kappa shape index (κ1) is 40.3. The van der Waals surface area contributed by atoms with Gasteiger partial charge in [0.15, 0.2) is 0 Å². The van der Waals surface area contributed by atoms with Crippen LogP contribution in [0.1, 0.15) is 20.7 Å². The average Bonchev–Trinajstić information content (AvgIpc) is 3.85. The van der Waals surface area contributed by atoms with E-state index >= 15 is 0 Å². The van der Waals surface area contributed by atoms with E-state index in [-0.39, 0.29) is 34.6 Å². The first-order valence-corrected chi connectivity index (χ1v) is 18.2. The van der Waals surface area contributed by atoms with Gasteiger partial charge in [-0.1, -0.05) is 10.3 Å². The van der Waals surface area contributed by atoms with E-state index in [2.05, 4.69) is 34.5 Å². The molecule has 0 aliphatic heterocycles. The summed E-state index contributed by atoms with van der Waals surface area (Å²) in [5.41, 5.74) is 9.89. The van der Waals surface area contributed by atoms with Crippen molar-refractivity contribution in [3.63, 3.8) is 0 Å². The SMILES string of the molecule is COC(=O)c1ccc(-c2noc(-c3ccc(N(C)C)c(N)c3)n2)cc1F.COC(=O)c1ccc(-c2noc(-c3ccc(N(C)C)c(NS(C)(=O)=O)c3)n2)cc1F. The maximum Gasteiger partial charge on any atom is 0.340 e. The maximum atomic E-state index is 14.2. The number of nitrogens with two attached hydrogens (primary N) is 1. The van der Waals surface area contributed by atoms with Gasteiger partial charge in [0.25, 0.3) is 11.8 Å². The van der Waals surface area contributed by atoms with E-state index in [0.717, 1.165) is 31.2 Å². The van der Waals surface area contributed by atoms with Gasteiger partial charge in [0, 0.05) is 50.4 Å². The van der Waals surface area contributed by atoms with Crippen molar-refractivity contribution in [2.45, 2.75) is 0 Å². The Hall–Kier alpha value is -6.89. The van der Waals surface area contributed by atoms with Crippen LogP contribution in [0.4, 0.5) is 31.5 Å². The molecule has 16 nitrogen and oxygen atoms in total. The highest BCUT2D eigenvalue weighted by atomic mass is 32.2. The third kappa shape index (κ3) is 9.24. The number of nitrogen functional groups attached to an aromatic ring is 1. The Morgan fingerprint density at radius 2 is 1.11 bits per heavy atom. The second-order valence-corrected chi connectivity index (χ2v) is 14.1. The molecule has 0 saturated heterocycles. The molecule has 0 saturated carbocycles. The van der Waals surface area contributed by atoms with E-state index in [0.29, 0.717) is 39.3 Å². The fourth-order valence-corrected chi connectivity index (χ4v) is 5.77. The van der Waals surface area contributed by atoms with Crippen LogP contribution in [-0.2, 0) is 19.5 Å². The number of nitrogens with one attached hydrogen (secondary N) is 1. The number of anilines is 4. The van der Waals surface area contributed by atoms with Crippen molar-refractivity contribution in [2.75, 3.05) is 68.9 Å². The number of halogens is 2. The third-order valence-electron chi connectivity index (χ3n) is 7.89. The number of ether oxygens (including phenoxy) is 2. The van der Waals surface area contributed by atoms with Crippen molar-refractivity contribution in [3.05, 3.63) is 95.6 Å². The fraction of sp³-hybridized carbons (Fsp3) is 0.189. The van der Waals surface area contributed by atoms with Gasteiger partial charge in [-0.3, -0.25) is 4.72 Å². The third-order valence-corrected chi connectivity index (χ3v) is 8.48. The van der Waals surface area contributed by atoms with Gasteiger partial charge in [0.2, 0.25) is 21.7 Å². The molecule has 2 aromatic heterocycles. The normalized spacial score (nSPS) is 10.9. The van der Waals surface area contributed by atoms with Crippen molar-refractivity contribution in [1.29, 1.82) is 0 Å². The minimum Gasteiger partial charge on any atom is -0.465 e. The van der Waals surface area contributed by atoms with Gasteiger partial charge in [-0.2, -0.15) is 9.97 Å². The van der Waals surface area contributed by atoms with E-state index < -0.39 is 33.6 Å². The molecule has 0 spiro atoms. The number of hydrogen-bond donors (Lipinski definition) is 2. The molecule has 0 aliphatic rings. The Labute approximate surface area is 319 Å². The largest absolute Gasteiger partial charge is 0.465 e. The smallest absolute Gasteiger partial charge is 0.340 e. The molecular weight excluding hydrogens is 755 g/mol. The van der Waals surface area contributed by atoms with Crippen molar-refractivity contribution in [3.8, 4) is 45.7 Å². The summed E-state index contributed by atoms with van der Waals surface area (Å²) in [5, 5.41) is 7.71. The molecule has 0 amide bonds. The summed E-state index contributed by atoms with van der Waals surface area (Å²) in [6.07, 6.45) is 1.05. The van der Waals surface area contributed by atoms with Crippen LogP contribution in [0.15, 0.2) is 81.8 Å². The summed E-state index contributed by atoms with van der Waals surface area (Å²) in [6, 6.07) is 18.2. The quantitative estimate of drug-likeness (QED) is 0.125. The molecule has 0 atom stereocenters. The molecule has 56 heavy (non-hydrogen) atoms. The first-order valence-electron chi connectivity index (χ1n) is 16.3. The monoisotopic (exact) mass is 790 g/mol. The Morgan fingerprint density at radius 1 is 0.679 bits per heavy atom. The summed E-state index contributed by atoms with van der Waals surface area (Å²) in [5.74, 6) is -2.36. The minimum absolute atomic E-state index is 0.106. The number of aromatic nitrogens is 4. The zero-order valence-corrected chi connectivity index (χ0v) is 31.9. The zero-order chi connectivity index (χ0) is 40.9. The summed E-state index contributed by atoms with van der Waals surface area (Å²) in [4.78, 5) is 35.1. The minimum atomic E-state index is -3.51. The Kier molecular flexibility index (Phi) is 12.0. The lowest BCUT2D eigenvalue weighted by Crippen LogP contribution is -2.15. The van der Waals surface area contributed by atoms with Crippen molar-refractivity contribution < 1.29 is 45.3 Å². The Balaban J connectivity index is 0.000000216. The van der Waals surface area contributed by atoms with E-state index in [1.54, 1.807) is 43.3 Å². The summed E-state index contributed by atoms with van der Waals surface area (Å²) >= 11 is 0. The number of hydrogen-bond acceptors (Lipinski definition) is 15. The fourth-order valence-electron chi connectivity index (χ4n) is 5.21. The van der Waals surface area contributed by atoms with Crippen LogP contribution in [-0.4, -0.2) is 89.3 Å². The predicted octanol–water partition coefficient (Wildman–Crippen LogP) is 5.74. The lowest BCUT2D eigenvalue weighted by atomic mass is 10.1. The van der Waals surface area contributed by atoms with Gasteiger partial charge >= 0.3 is 11.9 Å². The van der Waals surface area contributed by atoms with Gasteiger partial charge in [-0.25, -0.2) is 26.8 Å². The number of benzene rings is 4. The zero-order valence-electron chi connectivity index (χ0n) is 31.1. The van der Waals surface area contributed by atoms with E-state index in [1.807, 2.05) is 31.1 Å². The molecule has 3 N–H and O–H groups in total. The number of sulfonamides is 1.